The Balaban J connectivity index is 2.13. The summed E-state index contributed by atoms with van der Waals surface area (Å²) in [5.41, 5.74) is 9.53. The smallest absolute Gasteiger partial charge is 0.0759 e. The first-order valence-electron chi connectivity index (χ1n) is 10.7. The molecule has 0 bridgehead atoms. The lowest BCUT2D eigenvalue weighted by atomic mass is 9.86. The van der Waals surface area contributed by atoms with Crippen molar-refractivity contribution >= 4 is 5.57 Å². The molecule has 28 heavy (non-hydrogen) atoms. The Hall–Kier alpha value is -2.00. The van der Waals surface area contributed by atoms with Crippen molar-refractivity contribution in [2.75, 3.05) is 6.61 Å². The van der Waals surface area contributed by atoms with Gasteiger partial charge in [-0.05, 0) is 66.9 Å². The maximum Gasteiger partial charge on any atom is 0.0759 e. The van der Waals surface area contributed by atoms with Gasteiger partial charge in [-0.25, -0.2) is 4.98 Å². The predicted octanol–water partition coefficient (Wildman–Crippen LogP) is 5.91. The molecule has 2 atom stereocenters. The highest BCUT2D eigenvalue weighted by molar-refractivity contribution is 5.76. The van der Waals surface area contributed by atoms with Crippen molar-refractivity contribution < 1.29 is 5.11 Å². The molecule has 3 heteroatoms. The Labute approximate surface area is 170 Å². The topological polar surface area (TPSA) is 46.0 Å². The van der Waals surface area contributed by atoms with E-state index in [1.54, 1.807) is 0 Å². The highest BCUT2D eigenvalue weighted by Gasteiger charge is 2.28. The second-order valence-electron chi connectivity index (χ2n) is 8.39. The summed E-state index contributed by atoms with van der Waals surface area (Å²) >= 11 is 0. The number of aromatic nitrogens is 2. The van der Waals surface area contributed by atoms with Crippen molar-refractivity contribution in [1.82, 2.24) is 9.97 Å². The van der Waals surface area contributed by atoms with Gasteiger partial charge in [0.1, 0.15) is 0 Å². The first-order valence-corrected chi connectivity index (χ1v) is 10.7. The van der Waals surface area contributed by atoms with Gasteiger partial charge in [0, 0.05) is 29.5 Å². The first kappa shape index (κ1) is 20.7. The van der Waals surface area contributed by atoms with Crippen LogP contribution in [0.25, 0.3) is 16.8 Å². The minimum atomic E-state index is 0.236. The van der Waals surface area contributed by atoms with Crippen LogP contribution < -0.4 is 0 Å². The number of fused-ring (bicyclic) bond motifs is 1. The van der Waals surface area contributed by atoms with Crippen LogP contribution in [0.5, 0.6) is 0 Å². The molecule has 3 nitrogen and oxygen atoms in total. The van der Waals surface area contributed by atoms with Crippen LogP contribution in [0.3, 0.4) is 0 Å². The summed E-state index contributed by atoms with van der Waals surface area (Å²) in [5.74, 6) is 1.19. The Morgan fingerprint density at radius 2 is 1.79 bits per heavy atom. The highest BCUT2D eigenvalue weighted by atomic mass is 16.3. The Kier molecular flexibility index (Phi) is 6.34. The Bertz CT molecular complexity index is 882. The number of allylic oxidation sites excluding steroid dienone is 2. The normalized spacial score (nSPS) is 17.0. The van der Waals surface area contributed by atoms with Gasteiger partial charge in [-0.15, -0.1) is 0 Å². The summed E-state index contributed by atoms with van der Waals surface area (Å²) in [4.78, 5) is 10.1. The third kappa shape index (κ3) is 3.77. The molecule has 0 saturated carbocycles. The zero-order chi connectivity index (χ0) is 20.4. The molecule has 2 aromatic heterocycles. The van der Waals surface area contributed by atoms with E-state index >= 15 is 0 Å². The molecule has 1 unspecified atom stereocenters. The van der Waals surface area contributed by atoms with Gasteiger partial charge in [-0.1, -0.05) is 46.8 Å². The fourth-order valence-corrected chi connectivity index (χ4v) is 4.26. The summed E-state index contributed by atoms with van der Waals surface area (Å²) in [6.45, 7) is 13.4. The quantitative estimate of drug-likeness (QED) is 0.651. The second-order valence-corrected chi connectivity index (χ2v) is 8.39. The molecule has 0 aromatic carbocycles. The monoisotopic (exact) mass is 378 g/mol. The average molecular weight is 379 g/mol. The molecule has 2 aromatic rings. The molecular weight excluding hydrogens is 344 g/mol. The van der Waals surface area contributed by atoms with E-state index in [0.29, 0.717) is 17.8 Å². The van der Waals surface area contributed by atoms with Gasteiger partial charge in [0.25, 0.3) is 0 Å². The van der Waals surface area contributed by atoms with Crippen molar-refractivity contribution in [3.63, 3.8) is 0 Å². The number of hydrogen-bond acceptors (Lipinski definition) is 3. The molecule has 1 aliphatic carbocycles. The minimum Gasteiger partial charge on any atom is -0.396 e. The lowest BCUT2D eigenvalue weighted by molar-refractivity contribution is 0.257. The van der Waals surface area contributed by atoms with E-state index in [4.69, 9.17) is 9.97 Å². The van der Waals surface area contributed by atoms with Crippen molar-refractivity contribution in [2.24, 2.45) is 5.92 Å². The lowest BCUT2D eigenvalue weighted by Gasteiger charge is -2.20. The summed E-state index contributed by atoms with van der Waals surface area (Å²) in [6, 6.07) is 6.73. The molecule has 3 rings (SSSR count). The molecule has 2 heterocycles. The number of hydrogen-bond donors (Lipinski definition) is 1. The van der Waals surface area contributed by atoms with Crippen LogP contribution in [0.15, 0.2) is 24.3 Å². The van der Waals surface area contributed by atoms with E-state index < -0.39 is 0 Å². The van der Waals surface area contributed by atoms with E-state index in [0.717, 1.165) is 42.0 Å². The van der Waals surface area contributed by atoms with Crippen molar-refractivity contribution in [3.05, 3.63) is 52.5 Å². The number of rotatable bonds is 7. The summed E-state index contributed by atoms with van der Waals surface area (Å²) in [7, 11) is 0. The van der Waals surface area contributed by atoms with E-state index in [2.05, 4.69) is 65.8 Å². The van der Waals surface area contributed by atoms with Gasteiger partial charge in [-0.3, -0.25) is 4.98 Å². The fourth-order valence-electron chi connectivity index (χ4n) is 4.26. The molecule has 0 fully saturated rings. The molecule has 0 saturated heterocycles. The van der Waals surface area contributed by atoms with Crippen molar-refractivity contribution in [2.45, 2.75) is 72.6 Å². The van der Waals surface area contributed by atoms with Gasteiger partial charge in [0.2, 0.25) is 0 Å². The average Bonchev–Trinajstić information content (AvgIpc) is 3.02. The van der Waals surface area contributed by atoms with E-state index in [1.807, 2.05) is 0 Å². The van der Waals surface area contributed by atoms with Gasteiger partial charge < -0.3 is 5.11 Å². The van der Waals surface area contributed by atoms with Crippen LogP contribution in [0.4, 0.5) is 0 Å². The molecular formula is C25H34N2O. The molecule has 150 valence electrons. The number of aliphatic hydroxyl groups excluding tert-OH is 1. The van der Waals surface area contributed by atoms with Crippen LogP contribution >= 0.6 is 0 Å². The van der Waals surface area contributed by atoms with Crippen LogP contribution in [0.1, 0.15) is 88.0 Å². The standard InChI is InChI=1S/C25H34N2O/c1-7-18-14-21-20(16(5)11-12-28)13-17(6)24(21)27-25(18)19-9-10-23(15(3)4)26-22(19)8-2/h9-10,13-16,20,28H,7-8,11-12H2,1-6H3/t16-,20?/m0/s1. The van der Waals surface area contributed by atoms with Crippen LogP contribution in [-0.4, -0.2) is 21.7 Å². The second kappa shape index (κ2) is 8.57. The first-order chi connectivity index (χ1) is 13.4. The molecule has 1 aliphatic rings. The van der Waals surface area contributed by atoms with Crippen molar-refractivity contribution in [1.29, 1.82) is 0 Å². The zero-order valence-corrected chi connectivity index (χ0v) is 18.2. The van der Waals surface area contributed by atoms with Crippen LogP contribution in [-0.2, 0) is 12.8 Å². The van der Waals surface area contributed by atoms with E-state index in [1.165, 1.54) is 22.3 Å². The number of pyridine rings is 2. The predicted molar refractivity (Wildman–Crippen MR) is 118 cm³/mol. The number of aryl methyl sites for hydroxylation is 2. The lowest BCUT2D eigenvalue weighted by Crippen LogP contribution is -2.10. The zero-order valence-electron chi connectivity index (χ0n) is 18.2. The number of aliphatic hydroxyl groups is 1. The van der Waals surface area contributed by atoms with Crippen molar-refractivity contribution in [3.8, 4) is 11.3 Å². The molecule has 1 N–H and O–H groups in total. The van der Waals surface area contributed by atoms with E-state index in [-0.39, 0.29) is 6.61 Å². The van der Waals surface area contributed by atoms with Gasteiger partial charge >= 0.3 is 0 Å². The Morgan fingerprint density at radius 1 is 1.04 bits per heavy atom. The summed E-state index contributed by atoms with van der Waals surface area (Å²) in [5, 5.41) is 9.38. The SMILES string of the molecule is CCc1cc2c(nc1-c1ccc(C(C)C)nc1CC)C(C)=CC2[C@@H](C)CCO. The Morgan fingerprint density at radius 3 is 2.39 bits per heavy atom. The third-order valence-corrected chi connectivity index (χ3v) is 6.05. The van der Waals surface area contributed by atoms with Crippen LogP contribution in [0.2, 0.25) is 0 Å². The molecule has 0 aliphatic heterocycles. The molecule has 0 radical (unpaired) electrons. The fraction of sp³-hybridized carbons (Fsp3) is 0.520. The largest absolute Gasteiger partial charge is 0.396 e. The third-order valence-electron chi connectivity index (χ3n) is 6.05. The van der Waals surface area contributed by atoms with Gasteiger partial charge in [0.15, 0.2) is 0 Å². The number of nitrogens with zero attached hydrogens (tertiary/aromatic N) is 2. The van der Waals surface area contributed by atoms with Crippen LogP contribution in [0, 0.1) is 5.92 Å². The van der Waals surface area contributed by atoms with E-state index in [9.17, 15) is 5.11 Å². The molecule has 0 amide bonds. The van der Waals surface area contributed by atoms with Gasteiger partial charge in [-0.2, -0.15) is 0 Å². The minimum absolute atomic E-state index is 0.236. The molecule has 0 spiro atoms. The highest BCUT2D eigenvalue weighted by Crippen LogP contribution is 2.42. The maximum absolute atomic E-state index is 9.38. The summed E-state index contributed by atoms with van der Waals surface area (Å²) in [6.07, 6.45) is 5.01. The summed E-state index contributed by atoms with van der Waals surface area (Å²) < 4.78 is 0. The maximum atomic E-state index is 9.38. The van der Waals surface area contributed by atoms with Gasteiger partial charge in [0.05, 0.1) is 11.4 Å².